The van der Waals surface area contributed by atoms with E-state index in [-0.39, 0.29) is 0 Å². The maximum atomic E-state index is 3.67. The van der Waals surface area contributed by atoms with E-state index < -0.39 is 0 Å². The number of nitrogens with one attached hydrogen (secondary N) is 2. The number of hydrogen-bond donors (Lipinski definition) is 2. The molecular weight excluding hydrogens is 196 g/mol. The van der Waals surface area contributed by atoms with Crippen LogP contribution >= 0.6 is 0 Å². The van der Waals surface area contributed by atoms with Gasteiger partial charge in [0.2, 0.25) is 0 Å². The van der Waals surface area contributed by atoms with Crippen LogP contribution < -0.4 is 10.6 Å². The number of para-hydroxylation sites is 1. The highest BCUT2D eigenvalue weighted by Crippen LogP contribution is 2.28. The predicted molar refractivity (Wildman–Crippen MR) is 69.8 cm³/mol. The first-order valence-corrected chi connectivity index (χ1v) is 6.32. The van der Waals surface area contributed by atoms with Gasteiger partial charge in [0.15, 0.2) is 0 Å². The van der Waals surface area contributed by atoms with Crippen LogP contribution in [0.15, 0.2) is 30.3 Å². The molecule has 2 N–H and O–H groups in total. The second-order valence-corrected chi connectivity index (χ2v) is 4.99. The van der Waals surface area contributed by atoms with E-state index in [4.69, 9.17) is 0 Å². The summed E-state index contributed by atoms with van der Waals surface area (Å²) < 4.78 is 0. The molecule has 0 radical (unpaired) electrons. The van der Waals surface area contributed by atoms with Crippen molar-refractivity contribution in [2.24, 2.45) is 0 Å². The molecule has 0 spiro atoms. The molecule has 2 heteroatoms. The number of rotatable bonds is 5. The maximum absolute atomic E-state index is 3.67. The molecular formula is C14H22N2. The van der Waals surface area contributed by atoms with Crippen LogP contribution in [0.25, 0.3) is 0 Å². The third kappa shape index (κ3) is 3.24. The van der Waals surface area contributed by atoms with E-state index in [2.05, 4.69) is 41.8 Å². The first-order valence-electron chi connectivity index (χ1n) is 6.32. The van der Waals surface area contributed by atoms with Crippen LogP contribution in [0.1, 0.15) is 32.6 Å². The Morgan fingerprint density at radius 3 is 2.44 bits per heavy atom. The molecule has 2 rings (SSSR count). The zero-order valence-electron chi connectivity index (χ0n) is 10.1. The molecule has 16 heavy (non-hydrogen) atoms. The Bertz CT molecular complexity index is 302. The normalized spacial score (nSPS) is 18.6. The van der Waals surface area contributed by atoms with Gasteiger partial charge in [0.05, 0.1) is 0 Å². The SMILES string of the molecule is CC1(NCCNc2ccccc2)CCCC1. The van der Waals surface area contributed by atoms with Crippen LogP contribution in [-0.4, -0.2) is 18.6 Å². The van der Waals surface area contributed by atoms with Gasteiger partial charge in [-0.15, -0.1) is 0 Å². The van der Waals surface area contributed by atoms with Gasteiger partial charge in [0.25, 0.3) is 0 Å². The molecule has 1 saturated carbocycles. The highest BCUT2D eigenvalue weighted by Gasteiger charge is 2.27. The minimum atomic E-state index is 0.401. The standard InChI is InChI=1S/C14H22N2/c1-14(9-5-6-10-14)16-12-11-15-13-7-3-2-4-8-13/h2-4,7-8,15-16H,5-6,9-12H2,1H3. The van der Waals surface area contributed by atoms with Gasteiger partial charge in [-0.2, -0.15) is 0 Å². The van der Waals surface area contributed by atoms with E-state index in [1.54, 1.807) is 0 Å². The van der Waals surface area contributed by atoms with E-state index in [1.165, 1.54) is 31.4 Å². The van der Waals surface area contributed by atoms with Crippen molar-refractivity contribution in [1.29, 1.82) is 0 Å². The quantitative estimate of drug-likeness (QED) is 0.742. The molecule has 1 aliphatic carbocycles. The van der Waals surface area contributed by atoms with Gasteiger partial charge < -0.3 is 10.6 Å². The summed E-state index contributed by atoms with van der Waals surface area (Å²) in [7, 11) is 0. The van der Waals surface area contributed by atoms with E-state index in [1.807, 2.05) is 6.07 Å². The lowest BCUT2D eigenvalue weighted by molar-refractivity contribution is 0.372. The summed E-state index contributed by atoms with van der Waals surface area (Å²) >= 11 is 0. The lowest BCUT2D eigenvalue weighted by Crippen LogP contribution is -2.41. The molecule has 0 saturated heterocycles. The summed E-state index contributed by atoms with van der Waals surface area (Å²) in [5.41, 5.74) is 1.61. The van der Waals surface area contributed by atoms with Crippen LogP contribution in [0.5, 0.6) is 0 Å². The molecule has 1 aliphatic rings. The number of anilines is 1. The minimum absolute atomic E-state index is 0.401. The highest BCUT2D eigenvalue weighted by molar-refractivity contribution is 5.42. The van der Waals surface area contributed by atoms with Crippen LogP contribution in [0.3, 0.4) is 0 Å². The second-order valence-electron chi connectivity index (χ2n) is 4.99. The molecule has 1 aromatic rings. The molecule has 1 aromatic carbocycles. The molecule has 2 nitrogen and oxygen atoms in total. The fourth-order valence-corrected chi connectivity index (χ4v) is 2.46. The summed E-state index contributed by atoms with van der Waals surface area (Å²) in [5, 5.41) is 7.09. The van der Waals surface area contributed by atoms with Gasteiger partial charge in [-0.05, 0) is 31.9 Å². The van der Waals surface area contributed by atoms with Crippen LogP contribution in [0, 0.1) is 0 Å². The third-order valence-electron chi connectivity index (χ3n) is 3.49. The molecule has 0 aliphatic heterocycles. The topological polar surface area (TPSA) is 24.1 Å². The van der Waals surface area contributed by atoms with E-state index in [0.29, 0.717) is 5.54 Å². The molecule has 0 atom stereocenters. The minimum Gasteiger partial charge on any atom is -0.384 e. The summed E-state index contributed by atoms with van der Waals surface area (Å²) in [4.78, 5) is 0. The summed E-state index contributed by atoms with van der Waals surface area (Å²) in [5.74, 6) is 0. The number of benzene rings is 1. The van der Waals surface area contributed by atoms with Crippen molar-refractivity contribution in [3.63, 3.8) is 0 Å². The Labute approximate surface area is 98.4 Å². The van der Waals surface area contributed by atoms with Gasteiger partial charge in [-0.3, -0.25) is 0 Å². The fraction of sp³-hybridized carbons (Fsp3) is 0.571. The first-order chi connectivity index (χ1) is 7.79. The average molecular weight is 218 g/mol. The average Bonchev–Trinajstić information content (AvgIpc) is 2.74. The Balaban J connectivity index is 1.65. The van der Waals surface area contributed by atoms with E-state index >= 15 is 0 Å². The van der Waals surface area contributed by atoms with Crippen molar-refractivity contribution < 1.29 is 0 Å². The largest absolute Gasteiger partial charge is 0.384 e. The van der Waals surface area contributed by atoms with Crippen LogP contribution in [0.2, 0.25) is 0 Å². The fourth-order valence-electron chi connectivity index (χ4n) is 2.46. The van der Waals surface area contributed by atoms with Gasteiger partial charge in [0, 0.05) is 24.3 Å². The van der Waals surface area contributed by atoms with Crippen molar-refractivity contribution >= 4 is 5.69 Å². The first kappa shape index (κ1) is 11.5. The third-order valence-corrected chi connectivity index (χ3v) is 3.49. The summed E-state index contributed by atoms with van der Waals surface area (Å²) in [6.07, 6.45) is 5.43. The number of hydrogen-bond acceptors (Lipinski definition) is 2. The van der Waals surface area contributed by atoms with Crippen molar-refractivity contribution in [2.75, 3.05) is 18.4 Å². The zero-order chi connectivity index (χ0) is 11.3. The summed E-state index contributed by atoms with van der Waals surface area (Å²) in [6.45, 7) is 4.40. The second kappa shape index (κ2) is 5.35. The zero-order valence-corrected chi connectivity index (χ0v) is 10.1. The summed E-state index contributed by atoms with van der Waals surface area (Å²) in [6, 6.07) is 10.4. The molecule has 1 fully saturated rings. The molecule has 0 amide bonds. The molecule has 88 valence electrons. The highest BCUT2D eigenvalue weighted by atomic mass is 15.0. The van der Waals surface area contributed by atoms with Gasteiger partial charge in [-0.1, -0.05) is 31.0 Å². The molecule has 0 heterocycles. The van der Waals surface area contributed by atoms with Crippen molar-refractivity contribution in [2.45, 2.75) is 38.1 Å². The maximum Gasteiger partial charge on any atom is 0.0340 e. The molecule has 0 aromatic heterocycles. The smallest absolute Gasteiger partial charge is 0.0340 e. The Kier molecular flexibility index (Phi) is 3.83. The van der Waals surface area contributed by atoms with Crippen LogP contribution in [0.4, 0.5) is 5.69 Å². The molecule has 0 unspecified atom stereocenters. The van der Waals surface area contributed by atoms with Gasteiger partial charge in [-0.25, -0.2) is 0 Å². The lowest BCUT2D eigenvalue weighted by atomic mass is 10.0. The van der Waals surface area contributed by atoms with E-state index in [0.717, 1.165) is 13.1 Å². The monoisotopic (exact) mass is 218 g/mol. The Hall–Kier alpha value is -1.02. The Morgan fingerprint density at radius 2 is 1.75 bits per heavy atom. The van der Waals surface area contributed by atoms with Crippen LogP contribution in [-0.2, 0) is 0 Å². The van der Waals surface area contributed by atoms with Crippen molar-refractivity contribution in [3.05, 3.63) is 30.3 Å². The van der Waals surface area contributed by atoms with E-state index in [9.17, 15) is 0 Å². The Morgan fingerprint density at radius 1 is 1.06 bits per heavy atom. The molecule has 0 bridgehead atoms. The van der Waals surface area contributed by atoms with Crippen molar-refractivity contribution in [1.82, 2.24) is 5.32 Å². The van der Waals surface area contributed by atoms with Gasteiger partial charge >= 0.3 is 0 Å². The lowest BCUT2D eigenvalue weighted by Gasteiger charge is -2.25. The predicted octanol–water partition coefficient (Wildman–Crippen LogP) is 3.02. The van der Waals surface area contributed by atoms with Gasteiger partial charge in [0.1, 0.15) is 0 Å². The van der Waals surface area contributed by atoms with Crippen molar-refractivity contribution in [3.8, 4) is 0 Å².